The zero-order valence-corrected chi connectivity index (χ0v) is 11.3. The molecule has 0 N–H and O–H groups in total. The Balaban J connectivity index is 1.85. The quantitative estimate of drug-likeness (QED) is 0.474. The van der Waals surface area contributed by atoms with Gasteiger partial charge in [-0.2, -0.15) is 0 Å². The van der Waals surface area contributed by atoms with Crippen molar-refractivity contribution in [3.63, 3.8) is 0 Å². The van der Waals surface area contributed by atoms with Crippen molar-refractivity contribution in [1.29, 1.82) is 0 Å². The summed E-state index contributed by atoms with van der Waals surface area (Å²) in [6.07, 6.45) is 16.3. The Morgan fingerprint density at radius 2 is 1.74 bits per heavy atom. The molecule has 3 heteroatoms. The molecule has 3 nitrogen and oxygen atoms in total. The number of hydrogen-bond acceptors (Lipinski definition) is 3. The molecule has 0 fully saturated rings. The van der Waals surface area contributed by atoms with Crippen molar-refractivity contribution in [2.24, 2.45) is 0 Å². The molecule has 0 spiro atoms. The summed E-state index contributed by atoms with van der Waals surface area (Å²) in [7, 11) is 0. The van der Waals surface area contributed by atoms with Gasteiger partial charge in [0.05, 0.1) is 24.0 Å². The van der Waals surface area contributed by atoms with Crippen molar-refractivity contribution in [3.8, 4) is 0 Å². The van der Waals surface area contributed by atoms with Gasteiger partial charge in [-0.1, -0.05) is 6.58 Å². The fraction of sp³-hybridized carbons (Fsp3) is 0.500. The molecule has 0 atom stereocenters. The van der Waals surface area contributed by atoms with Gasteiger partial charge >= 0.3 is 0 Å². The molecule has 0 unspecified atom stereocenters. The summed E-state index contributed by atoms with van der Waals surface area (Å²) in [5.74, 6) is 2.11. The molecule has 0 saturated carbocycles. The highest BCUT2D eigenvalue weighted by molar-refractivity contribution is 5.02. The Kier molecular flexibility index (Phi) is 5.60. The first-order chi connectivity index (χ1) is 9.38. The topological polar surface area (TPSA) is 27.7 Å². The zero-order chi connectivity index (χ0) is 13.3. The van der Waals surface area contributed by atoms with Gasteiger partial charge < -0.3 is 14.2 Å². The zero-order valence-electron chi connectivity index (χ0n) is 11.3. The summed E-state index contributed by atoms with van der Waals surface area (Å²) in [6, 6.07) is 0. The average molecular weight is 262 g/mol. The molecule has 0 bridgehead atoms. The fourth-order valence-corrected chi connectivity index (χ4v) is 2.23. The summed E-state index contributed by atoms with van der Waals surface area (Å²) >= 11 is 0. The standard InChI is InChI=1S/C16H22O3/c1-2-17-13-7-12-16(18-14-8-3-4-9-14)19-15-10-5-6-11-15/h2,7-8,10,13,16H,1,3-6,9,11-12H2. The van der Waals surface area contributed by atoms with E-state index in [0.717, 1.165) is 37.2 Å². The molecule has 0 amide bonds. The van der Waals surface area contributed by atoms with E-state index in [0.29, 0.717) is 6.42 Å². The summed E-state index contributed by atoms with van der Waals surface area (Å²) in [6.45, 7) is 3.49. The van der Waals surface area contributed by atoms with E-state index >= 15 is 0 Å². The van der Waals surface area contributed by atoms with Crippen molar-refractivity contribution in [2.75, 3.05) is 0 Å². The van der Waals surface area contributed by atoms with Crippen molar-refractivity contribution in [1.82, 2.24) is 0 Å². The fourth-order valence-electron chi connectivity index (χ4n) is 2.23. The maximum Gasteiger partial charge on any atom is 0.243 e. The lowest BCUT2D eigenvalue weighted by atomic mass is 10.3. The summed E-state index contributed by atoms with van der Waals surface area (Å²) in [4.78, 5) is 0. The van der Waals surface area contributed by atoms with Crippen molar-refractivity contribution in [3.05, 3.63) is 48.8 Å². The monoisotopic (exact) mass is 262 g/mol. The third-order valence-electron chi connectivity index (χ3n) is 3.16. The van der Waals surface area contributed by atoms with Crippen LogP contribution in [0, 0.1) is 0 Å². The van der Waals surface area contributed by atoms with Gasteiger partial charge in [0, 0.05) is 19.3 Å². The minimum absolute atomic E-state index is 0.252. The molecule has 2 aliphatic rings. The van der Waals surface area contributed by atoms with Crippen molar-refractivity contribution >= 4 is 0 Å². The average Bonchev–Trinajstić information content (AvgIpc) is 3.08. The highest BCUT2D eigenvalue weighted by Crippen LogP contribution is 2.26. The van der Waals surface area contributed by atoms with Gasteiger partial charge in [0.2, 0.25) is 6.29 Å². The van der Waals surface area contributed by atoms with Gasteiger partial charge in [0.1, 0.15) is 0 Å². The van der Waals surface area contributed by atoms with Gasteiger partial charge in [-0.3, -0.25) is 0 Å². The molecular weight excluding hydrogens is 240 g/mol. The minimum atomic E-state index is -0.252. The smallest absolute Gasteiger partial charge is 0.243 e. The van der Waals surface area contributed by atoms with E-state index in [4.69, 9.17) is 14.2 Å². The van der Waals surface area contributed by atoms with Crippen LogP contribution in [0.4, 0.5) is 0 Å². The first-order valence-corrected chi connectivity index (χ1v) is 7.01. The molecule has 0 aromatic carbocycles. The van der Waals surface area contributed by atoms with Crippen LogP contribution in [0.1, 0.15) is 44.9 Å². The molecule has 19 heavy (non-hydrogen) atoms. The number of ether oxygens (including phenoxy) is 3. The molecule has 0 aliphatic heterocycles. The molecule has 0 heterocycles. The maximum atomic E-state index is 5.92. The van der Waals surface area contributed by atoms with Crippen molar-refractivity contribution in [2.45, 2.75) is 51.2 Å². The van der Waals surface area contributed by atoms with Crippen LogP contribution in [0.3, 0.4) is 0 Å². The molecular formula is C16H22O3. The Bertz CT molecular complexity index is 353. The van der Waals surface area contributed by atoms with Crippen LogP contribution in [-0.2, 0) is 14.2 Å². The van der Waals surface area contributed by atoms with Crippen LogP contribution < -0.4 is 0 Å². The van der Waals surface area contributed by atoms with Crippen LogP contribution in [0.15, 0.2) is 48.8 Å². The summed E-state index contributed by atoms with van der Waals surface area (Å²) < 4.78 is 16.8. The van der Waals surface area contributed by atoms with Gasteiger partial charge in [0.25, 0.3) is 0 Å². The van der Waals surface area contributed by atoms with Gasteiger partial charge in [-0.15, -0.1) is 0 Å². The first kappa shape index (κ1) is 13.8. The minimum Gasteiger partial charge on any atom is -0.474 e. The Morgan fingerprint density at radius 1 is 1.11 bits per heavy atom. The maximum absolute atomic E-state index is 5.92. The van der Waals surface area contributed by atoms with E-state index in [1.165, 1.54) is 19.1 Å². The summed E-state index contributed by atoms with van der Waals surface area (Å²) in [5, 5.41) is 0. The highest BCUT2D eigenvalue weighted by Gasteiger charge is 2.17. The number of allylic oxidation sites excluding steroid dienone is 4. The van der Waals surface area contributed by atoms with Gasteiger partial charge in [0.15, 0.2) is 0 Å². The van der Waals surface area contributed by atoms with Gasteiger partial charge in [-0.25, -0.2) is 0 Å². The highest BCUT2D eigenvalue weighted by atomic mass is 16.7. The van der Waals surface area contributed by atoms with Crippen molar-refractivity contribution < 1.29 is 14.2 Å². The van der Waals surface area contributed by atoms with Crippen LogP contribution in [-0.4, -0.2) is 6.29 Å². The number of hydrogen-bond donors (Lipinski definition) is 0. The lowest BCUT2D eigenvalue weighted by Crippen LogP contribution is -2.15. The Labute approximate surface area is 115 Å². The van der Waals surface area contributed by atoms with Gasteiger partial charge in [-0.05, 0) is 43.9 Å². The molecule has 0 saturated heterocycles. The molecule has 0 radical (unpaired) electrons. The molecule has 2 aliphatic carbocycles. The Hall–Kier alpha value is -1.64. The second kappa shape index (κ2) is 7.72. The van der Waals surface area contributed by atoms with Crippen LogP contribution in [0.2, 0.25) is 0 Å². The van der Waals surface area contributed by atoms with Crippen LogP contribution in [0.5, 0.6) is 0 Å². The molecule has 104 valence electrons. The SMILES string of the molecule is C=COC=CCC(OC1=CCCC1)OC1=CCCC1. The van der Waals surface area contributed by atoms with E-state index in [9.17, 15) is 0 Å². The molecule has 0 aromatic heterocycles. The lowest BCUT2D eigenvalue weighted by molar-refractivity contribution is -0.0858. The normalized spacial score (nSPS) is 18.6. The van der Waals surface area contributed by atoms with Crippen LogP contribution >= 0.6 is 0 Å². The van der Waals surface area contributed by atoms with E-state index in [2.05, 4.69) is 18.7 Å². The van der Waals surface area contributed by atoms with E-state index in [1.54, 1.807) is 6.26 Å². The van der Waals surface area contributed by atoms with E-state index < -0.39 is 0 Å². The molecule has 0 aromatic rings. The van der Waals surface area contributed by atoms with Crippen LogP contribution in [0.25, 0.3) is 0 Å². The lowest BCUT2D eigenvalue weighted by Gasteiger charge is -2.20. The van der Waals surface area contributed by atoms with E-state index in [-0.39, 0.29) is 6.29 Å². The predicted molar refractivity (Wildman–Crippen MR) is 74.9 cm³/mol. The first-order valence-electron chi connectivity index (χ1n) is 7.01. The largest absolute Gasteiger partial charge is 0.474 e. The third-order valence-corrected chi connectivity index (χ3v) is 3.16. The summed E-state index contributed by atoms with van der Waals surface area (Å²) in [5.41, 5.74) is 0. The van der Waals surface area contributed by atoms with E-state index in [1.807, 2.05) is 6.08 Å². The Morgan fingerprint density at radius 3 is 2.21 bits per heavy atom. The number of rotatable bonds is 8. The second-order valence-electron chi connectivity index (χ2n) is 4.70. The predicted octanol–water partition coefficient (Wildman–Crippen LogP) is 4.55. The molecule has 2 rings (SSSR count). The second-order valence-corrected chi connectivity index (χ2v) is 4.70. The third kappa shape index (κ3) is 4.86.